The molecule has 1 amide bonds. The van der Waals surface area contributed by atoms with Gasteiger partial charge in [-0.3, -0.25) is 19.4 Å². The summed E-state index contributed by atoms with van der Waals surface area (Å²) in [4.78, 5) is 21.8. The summed E-state index contributed by atoms with van der Waals surface area (Å²) in [6, 6.07) is 13.7. The molecule has 7 nitrogen and oxygen atoms in total. The highest BCUT2D eigenvalue weighted by molar-refractivity contribution is 5.94. The molecule has 1 aromatic carbocycles. The molecule has 0 N–H and O–H groups in total. The Morgan fingerprint density at radius 1 is 1.00 bits per heavy atom. The van der Waals surface area contributed by atoms with E-state index >= 15 is 0 Å². The van der Waals surface area contributed by atoms with E-state index in [4.69, 9.17) is 4.74 Å². The van der Waals surface area contributed by atoms with Crippen LogP contribution in [0.15, 0.2) is 67.3 Å². The van der Waals surface area contributed by atoms with Crippen molar-refractivity contribution in [2.45, 2.75) is 19.5 Å². The fraction of sp³-hybridized carbons (Fsp3) is 0.375. The molecule has 0 bridgehead atoms. The first-order valence-corrected chi connectivity index (χ1v) is 10.8. The van der Waals surface area contributed by atoms with Crippen molar-refractivity contribution in [2.24, 2.45) is 0 Å². The van der Waals surface area contributed by atoms with Crippen LogP contribution in [0.25, 0.3) is 0 Å². The van der Waals surface area contributed by atoms with Gasteiger partial charge in [0.1, 0.15) is 0 Å². The summed E-state index contributed by atoms with van der Waals surface area (Å²) in [5.74, 6) is 0.0597. The van der Waals surface area contributed by atoms with E-state index in [9.17, 15) is 4.79 Å². The Hall–Kier alpha value is -3.03. The zero-order chi connectivity index (χ0) is 21.3. The molecule has 1 fully saturated rings. The molecule has 162 valence electrons. The summed E-state index contributed by atoms with van der Waals surface area (Å²) in [6.07, 6.45) is 8.19. The maximum atomic E-state index is 13.3. The number of aromatic nitrogens is 3. The van der Waals surface area contributed by atoms with Gasteiger partial charge in [-0.05, 0) is 47.9 Å². The van der Waals surface area contributed by atoms with Crippen LogP contribution < -0.4 is 0 Å². The summed E-state index contributed by atoms with van der Waals surface area (Å²) in [6.45, 7) is 6.50. The second-order valence-electron chi connectivity index (χ2n) is 7.79. The first-order valence-electron chi connectivity index (χ1n) is 10.8. The van der Waals surface area contributed by atoms with Gasteiger partial charge in [-0.25, -0.2) is 0 Å². The van der Waals surface area contributed by atoms with E-state index in [2.05, 4.69) is 15.0 Å². The van der Waals surface area contributed by atoms with Gasteiger partial charge in [0.05, 0.1) is 19.8 Å². The normalized spacial score (nSPS) is 14.5. The monoisotopic (exact) mass is 419 g/mol. The molecule has 0 saturated carbocycles. The van der Waals surface area contributed by atoms with Crippen molar-refractivity contribution in [3.63, 3.8) is 0 Å². The number of carbonyl (C=O) groups is 1. The Balaban J connectivity index is 1.40. The average molecular weight is 420 g/mol. The van der Waals surface area contributed by atoms with Crippen molar-refractivity contribution in [3.05, 3.63) is 83.9 Å². The standard InChI is InChI=1S/C24H29N5O2/c30-24(23-5-3-21(4-6-23)20-29-14-1-9-26-29)28(19-22-7-10-25-11-8-22)13-2-12-27-15-17-31-18-16-27/h1,3-11,14H,2,12-13,15-20H2. The van der Waals surface area contributed by atoms with Gasteiger partial charge in [0.2, 0.25) is 0 Å². The molecule has 0 spiro atoms. The van der Waals surface area contributed by atoms with Gasteiger partial charge in [-0.1, -0.05) is 12.1 Å². The van der Waals surface area contributed by atoms with Crippen LogP contribution in [-0.4, -0.2) is 69.9 Å². The molecule has 1 aliphatic heterocycles. The fourth-order valence-electron chi connectivity index (χ4n) is 3.79. The van der Waals surface area contributed by atoms with Crippen LogP contribution in [0.5, 0.6) is 0 Å². The van der Waals surface area contributed by atoms with Gasteiger partial charge in [-0.2, -0.15) is 5.10 Å². The van der Waals surface area contributed by atoms with Crippen LogP contribution in [0.4, 0.5) is 0 Å². The highest BCUT2D eigenvalue weighted by Crippen LogP contribution is 2.13. The molecule has 4 rings (SSSR count). The van der Waals surface area contributed by atoms with Crippen LogP contribution in [0.2, 0.25) is 0 Å². The third kappa shape index (κ3) is 6.23. The number of morpholine rings is 1. The summed E-state index contributed by atoms with van der Waals surface area (Å²) in [5.41, 5.74) is 2.92. The van der Waals surface area contributed by atoms with Gasteiger partial charge in [0, 0.05) is 63.1 Å². The van der Waals surface area contributed by atoms with E-state index in [1.807, 2.05) is 58.2 Å². The predicted molar refractivity (Wildman–Crippen MR) is 119 cm³/mol. The average Bonchev–Trinajstić information content (AvgIpc) is 3.33. The number of carbonyl (C=O) groups excluding carboxylic acids is 1. The second kappa shape index (κ2) is 10.8. The number of nitrogens with zero attached hydrogens (tertiary/aromatic N) is 5. The lowest BCUT2D eigenvalue weighted by Gasteiger charge is -2.28. The highest BCUT2D eigenvalue weighted by Gasteiger charge is 2.17. The molecule has 0 aliphatic carbocycles. The second-order valence-corrected chi connectivity index (χ2v) is 7.79. The number of rotatable bonds is 9. The molecular weight excluding hydrogens is 390 g/mol. The number of hydrogen-bond donors (Lipinski definition) is 0. The zero-order valence-electron chi connectivity index (χ0n) is 17.8. The van der Waals surface area contributed by atoms with Crippen LogP contribution in [-0.2, 0) is 17.8 Å². The molecule has 0 unspecified atom stereocenters. The van der Waals surface area contributed by atoms with Gasteiger partial charge in [0.25, 0.3) is 5.91 Å². The van der Waals surface area contributed by atoms with E-state index in [1.165, 1.54) is 0 Å². The van der Waals surface area contributed by atoms with Crippen LogP contribution in [0.1, 0.15) is 27.9 Å². The van der Waals surface area contributed by atoms with E-state index in [-0.39, 0.29) is 5.91 Å². The van der Waals surface area contributed by atoms with E-state index < -0.39 is 0 Å². The minimum Gasteiger partial charge on any atom is -0.379 e. The number of amides is 1. The number of ether oxygens (including phenoxy) is 1. The first kappa shape index (κ1) is 21.2. The molecule has 3 aromatic rings. The van der Waals surface area contributed by atoms with E-state index in [0.717, 1.165) is 50.4 Å². The molecule has 0 atom stereocenters. The lowest BCUT2D eigenvalue weighted by atomic mass is 10.1. The third-order valence-electron chi connectivity index (χ3n) is 5.52. The maximum absolute atomic E-state index is 13.3. The lowest BCUT2D eigenvalue weighted by Crippen LogP contribution is -2.39. The predicted octanol–water partition coefficient (Wildman–Crippen LogP) is 2.69. The molecule has 3 heterocycles. The summed E-state index contributed by atoms with van der Waals surface area (Å²) < 4.78 is 7.30. The molecule has 1 saturated heterocycles. The van der Waals surface area contributed by atoms with Gasteiger partial charge in [-0.15, -0.1) is 0 Å². The Bertz CT molecular complexity index is 922. The van der Waals surface area contributed by atoms with Crippen molar-refractivity contribution in [2.75, 3.05) is 39.4 Å². The summed E-state index contributed by atoms with van der Waals surface area (Å²) in [5, 5.41) is 4.24. The van der Waals surface area contributed by atoms with Crippen molar-refractivity contribution in [1.82, 2.24) is 24.6 Å². The van der Waals surface area contributed by atoms with Crippen molar-refractivity contribution >= 4 is 5.91 Å². The van der Waals surface area contributed by atoms with E-state index in [0.29, 0.717) is 25.2 Å². The van der Waals surface area contributed by atoms with Crippen molar-refractivity contribution in [1.29, 1.82) is 0 Å². The van der Waals surface area contributed by atoms with Crippen molar-refractivity contribution in [3.8, 4) is 0 Å². The quantitative estimate of drug-likeness (QED) is 0.534. The first-order chi connectivity index (χ1) is 15.3. The van der Waals surface area contributed by atoms with Crippen LogP contribution in [0.3, 0.4) is 0 Å². The van der Waals surface area contributed by atoms with Crippen LogP contribution in [0, 0.1) is 0 Å². The Kier molecular flexibility index (Phi) is 7.41. The Morgan fingerprint density at radius 3 is 2.48 bits per heavy atom. The summed E-state index contributed by atoms with van der Waals surface area (Å²) in [7, 11) is 0. The minimum atomic E-state index is 0.0597. The lowest BCUT2D eigenvalue weighted by molar-refractivity contribution is 0.0355. The van der Waals surface area contributed by atoms with Gasteiger partial charge >= 0.3 is 0 Å². The molecule has 1 aliphatic rings. The van der Waals surface area contributed by atoms with Gasteiger partial charge < -0.3 is 9.64 Å². The topological polar surface area (TPSA) is 63.5 Å². The number of hydrogen-bond acceptors (Lipinski definition) is 5. The fourth-order valence-corrected chi connectivity index (χ4v) is 3.79. The number of pyridine rings is 1. The van der Waals surface area contributed by atoms with E-state index in [1.54, 1.807) is 18.6 Å². The Morgan fingerprint density at radius 2 is 1.77 bits per heavy atom. The smallest absolute Gasteiger partial charge is 0.254 e. The SMILES string of the molecule is O=C(c1ccc(Cn2cccn2)cc1)N(CCCN1CCOCC1)Cc1ccncc1. The van der Waals surface area contributed by atoms with Gasteiger partial charge in [0.15, 0.2) is 0 Å². The maximum Gasteiger partial charge on any atom is 0.254 e. The minimum absolute atomic E-state index is 0.0597. The molecular formula is C24H29N5O2. The highest BCUT2D eigenvalue weighted by atomic mass is 16.5. The third-order valence-corrected chi connectivity index (χ3v) is 5.52. The molecule has 2 aromatic heterocycles. The molecule has 0 radical (unpaired) electrons. The molecule has 7 heteroatoms. The Labute approximate surface area is 183 Å². The zero-order valence-corrected chi connectivity index (χ0v) is 17.8. The summed E-state index contributed by atoms with van der Waals surface area (Å²) >= 11 is 0. The largest absolute Gasteiger partial charge is 0.379 e. The van der Waals surface area contributed by atoms with Crippen molar-refractivity contribution < 1.29 is 9.53 Å². The van der Waals surface area contributed by atoms with Crippen LogP contribution >= 0.6 is 0 Å². The molecule has 31 heavy (non-hydrogen) atoms. The number of benzene rings is 1.